The molecule has 0 atom stereocenters. The smallest absolute Gasteiger partial charge is 0.257 e. The lowest BCUT2D eigenvalue weighted by molar-refractivity contribution is 0.102. The molecule has 0 spiro atoms. The van der Waals surface area contributed by atoms with Crippen molar-refractivity contribution in [3.05, 3.63) is 75.5 Å². The van der Waals surface area contributed by atoms with E-state index in [2.05, 4.69) is 5.32 Å². The fourth-order valence-electron chi connectivity index (χ4n) is 2.39. The number of benzene rings is 2. The second-order valence-electron chi connectivity index (χ2n) is 5.53. The quantitative estimate of drug-likeness (QED) is 0.649. The Morgan fingerprint density at radius 3 is 2.60 bits per heavy atom. The van der Waals surface area contributed by atoms with Crippen molar-refractivity contribution in [2.75, 3.05) is 5.32 Å². The largest absolute Gasteiger partial charge is 0.459 e. The van der Waals surface area contributed by atoms with Crippen molar-refractivity contribution in [1.82, 2.24) is 0 Å². The zero-order valence-electron chi connectivity index (χ0n) is 13.3. The van der Waals surface area contributed by atoms with E-state index in [9.17, 15) is 4.79 Å². The molecule has 1 aromatic heterocycles. The number of aryl methyl sites for hydroxylation is 1. The molecule has 0 aliphatic carbocycles. The molecule has 0 saturated carbocycles. The molecule has 3 aromatic rings. The first-order chi connectivity index (χ1) is 12.0. The van der Waals surface area contributed by atoms with Gasteiger partial charge in [0.1, 0.15) is 18.1 Å². The highest BCUT2D eigenvalue weighted by Crippen LogP contribution is 2.28. The number of anilines is 1. The van der Waals surface area contributed by atoms with Gasteiger partial charge >= 0.3 is 0 Å². The SMILES string of the molecule is Cc1ccc(-c2ccc(CO)o2)cc1NC(=O)c1ccc(Cl)cc1Cl. The molecule has 128 valence electrons. The molecular formula is C19H15Cl2NO3. The van der Waals surface area contributed by atoms with E-state index in [-0.39, 0.29) is 17.5 Å². The zero-order chi connectivity index (χ0) is 18.0. The van der Waals surface area contributed by atoms with Crippen LogP contribution in [0.1, 0.15) is 21.7 Å². The number of amides is 1. The van der Waals surface area contributed by atoms with E-state index in [1.165, 1.54) is 6.07 Å². The highest BCUT2D eigenvalue weighted by Gasteiger charge is 2.13. The van der Waals surface area contributed by atoms with Gasteiger partial charge in [-0.2, -0.15) is 0 Å². The van der Waals surface area contributed by atoms with Crippen LogP contribution < -0.4 is 5.32 Å². The van der Waals surface area contributed by atoms with Crippen LogP contribution >= 0.6 is 23.2 Å². The van der Waals surface area contributed by atoms with Gasteiger partial charge in [-0.25, -0.2) is 0 Å². The number of carbonyl (C=O) groups excluding carboxylic acids is 1. The minimum atomic E-state index is -0.322. The van der Waals surface area contributed by atoms with Crippen LogP contribution in [0, 0.1) is 6.92 Å². The molecule has 0 bridgehead atoms. The zero-order valence-corrected chi connectivity index (χ0v) is 14.9. The molecule has 3 rings (SSSR count). The van der Waals surface area contributed by atoms with E-state index in [0.29, 0.717) is 27.8 Å². The van der Waals surface area contributed by atoms with E-state index in [4.69, 9.17) is 32.7 Å². The Hall–Kier alpha value is -2.27. The Labute approximate surface area is 155 Å². The van der Waals surface area contributed by atoms with Gasteiger partial charge in [0.2, 0.25) is 0 Å². The summed E-state index contributed by atoms with van der Waals surface area (Å²) in [5, 5.41) is 12.7. The van der Waals surface area contributed by atoms with Crippen LogP contribution in [0.4, 0.5) is 5.69 Å². The predicted octanol–water partition coefficient (Wildman–Crippen LogP) is 5.31. The first-order valence-corrected chi connectivity index (χ1v) is 8.30. The van der Waals surface area contributed by atoms with Crippen LogP contribution in [0.2, 0.25) is 10.0 Å². The number of carbonyl (C=O) groups is 1. The Bertz CT molecular complexity index is 934. The normalized spacial score (nSPS) is 10.7. The fourth-order valence-corrected chi connectivity index (χ4v) is 2.89. The van der Waals surface area contributed by atoms with Crippen LogP contribution in [-0.4, -0.2) is 11.0 Å². The molecule has 0 radical (unpaired) electrons. The summed E-state index contributed by atoms with van der Waals surface area (Å²) in [5.74, 6) is 0.774. The molecule has 6 heteroatoms. The third kappa shape index (κ3) is 3.87. The van der Waals surface area contributed by atoms with Gasteiger partial charge < -0.3 is 14.8 Å². The van der Waals surface area contributed by atoms with Gasteiger partial charge in [-0.05, 0) is 48.9 Å². The summed E-state index contributed by atoms with van der Waals surface area (Å²) in [6, 6.07) is 13.8. The second kappa shape index (κ2) is 7.31. The molecule has 0 aliphatic heterocycles. The maximum absolute atomic E-state index is 12.5. The molecule has 25 heavy (non-hydrogen) atoms. The molecule has 0 fully saturated rings. The van der Waals surface area contributed by atoms with Crippen molar-refractivity contribution in [2.45, 2.75) is 13.5 Å². The van der Waals surface area contributed by atoms with Crippen molar-refractivity contribution in [3.8, 4) is 11.3 Å². The molecule has 0 unspecified atom stereocenters. The van der Waals surface area contributed by atoms with Crippen LogP contribution in [-0.2, 0) is 6.61 Å². The highest BCUT2D eigenvalue weighted by atomic mass is 35.5. The highest BCUT2D eigenvalue weighted by molar-refractivity contribution is 6.37. The van der Waals surface area contributed by atoms with Crippen molar-refractivity contribution >= 4 is 34.8 Å². The van der Waals surface area contributed by atoms with Crippen LogP contribution in [0.3, 0.4) is 0 Å². The summed E-state index contributed by atoms with van der Waals surface area (Å²) in [7, 11) is 0. The molecular weight excluding hydrogens is 361 g/mol. The van der Waals surface area contributed by atoms with E-state index in [1.54, 1.807) is 24.3 Å². The number of furan rings is 1. The van der Waals surface area contributed by atoms with Gasteiger partial charge in [-0.15, -0.1) is 0 Å². The van der Waals surface area contributed by atoms with Crippen LogP contribution in [0.15, 0.2) is 52.9 Å². The molecule has 2 N–H and O–H groups in total. The van der Waals surface area contributed by atoms with Crippen molar-refractivity contribution in [3.63, 3.8) is 0 Å². The topological polar surface area (TPSA) is 62.5 Å². The summed E-state index contributed by atoms with van der Waals surface area (Å²) < 4.78 is 5.54. The average Bonchev–Trinajstić information content (AvgIpc) is 3.06. The first kappa shape index (κ1) is 17.5. The molecule has 4 nitrogen and oxygen atoms in total. The first-order valence-electron chi connectivity index (χ1n) is 7.55. The lowest BCUT2D eigenvalue weighted by atomic mass is 10.1. The summed E-state index contributed by atoms with van der Waals surface area (Å²) in [4.78, 5) is 12.5. The molecule has 2 aromatic carbocycles. The number of hydrogen-bond acceptors (Lipinski definition) is 3. The molecule has 0 aliphatic rings. The van der Waals surface area contributed by atoms with Crippen molar-refractivity contribution in [2.24, 2.45) is 0 Å². The second-order valence-corrected chi connectivity index (χ2v) is 6.38. The van der Waals surface area contributed by atoms with Gasteiger partial charge in [-0.1, -0.05) is 35.3 Å². The maximum atomic E-state index is 12.5. The Kier molecular flexibility index (Phi) is 5.13. The molecule has 0 saturated heterocycles. The standard InChI is InChI=1S/C19H15Cl2NO3/c1-11-2-3-12(18-7-5-14(10-23)25-18)8-17(11)22-19(24)15-6-4-13(20)9-16(15)21/h2-9,23H,10H2,1H3,(H,22,24). The van der Waals surface area contributed by atoms with Gasteiger partial charge in [0.15, 0.2) is 0 Å². The van der Waals surface area contributed by atoms with Crippen molar-refractivity contribution in [1.29, 1.82) is 0 Å². The summed E-state index contributed by atoms with van der Waals surface area (Å²) in [5.41, 5.74) is 2.69. The van der Waals surface area contributed by atoms with Gasteiger partial charge in [-0.3, -0.25) is 4.79 Å². The molecule has 1 amide bonds. The number of rotatable bonds is 4. The van der Waals surface area contributed by atoms with E-state index < -0.39 is 0 Å². The Morgan fingerprint density at radius 1 is 1.12 bits per heavy atom. The summed E-state index contributed by atoms with van der Waals surface area (Å²) in [6.07, 6.45) is 0. The van der Waals surface area contributed by atoms with E-state index >= 15 is 0 Å². The third-order valence-corrected chi connectivity index (χ3v) is 4.31. The summed E-state index contributed by atoms with van der Waals surface area (Å²) >= 11 is 12.0. The molecule has 1 heterocycles. The van der Waals surface area contributed by atoms with E-state index in [0.717, 1.165) is 11.1 Å². The number of hydrogen-bond donors (Lipinski definition) is 2. The number of aliphatic hydroxyl groups excluding tert-OH is 1. The maximum Gasteiger partial charge on any atom is 0.257 e. The summed E-state index contributed by atoms with van der Waals surface area (Å²) in [6.45, 7) is 1.73. The third-order valence-electron chi connectivity index (χ3n) is 3.76. The monoisotopic (exact) mass is 375 g/mol. The van der Waals surface area contributed by atoms with Crippen LogP contribution in [0.25, 0.3) is 11.3 Å². The van der Waals surface area contributed by atoms with Crippen LogP contribution in [0.5, 0.6) is 0 Å². The van der Waals surface area contributed by atoms with Gasteiger partial charge in [0.25, 0.3) is 5.91 Å². The number of halogens is 2. The number of nitrogens with one attached hydrogen (secondary N) is 1. The minimum Gasteiger partial charge on any atom is -0.459 e. The fraction of sp³-hybridized carbons (Fsp3) is 0.105. The lowest BCUT2D eigenvalue weighted by Crippen LogP contribution is -2.13. The predicted molar refractivity (Wildman–Crippen MR) is 99.2 cm³/mol. The Morgan fingerprint density at radius 2 is 1.92 bits per heavy atom. The lowest BCUT2D eigenvalue weighted by Gasteiger charge is -2.11. The van der Waals surface area contributed by atoms with E-state index in [1.807, 2.05) is 25.1 Å². The average molecular weight is 376 g/mol. The minimum absolute atomic E-state index is 0.162. The number of aliphatic hydroxyl groups is 1. The van der Waals surface area contributed by atoms with Crippen molar-refractivity contribution < 1.29 is 14.3 Å². The Balaban J connectivity index is 1.89. The van der Waals surface area contributed by atoms with Gasteiger partial charge in [0, 0.05) is 16.3 Å². The van der Waals surface area contributed by atoms with Gasteiger partial charge in [0.05, 0.1) is 10.6 Å².